The van der Waals surface area contributed by atoms with Crippen molar-refractivity contribution in [1.29, 1.82) is 0 Å². The van der Waals surface area contributed by atoms with Crippen molar-refractivity contribution < 1.29 is 27.9 Å². The highest BCUT2D eigenvalue weighted by Crippen LogP contribution is 2.37. The number of likely N-dealkylation sites (N-methyl/N-ethyl adjacent to an activating group) is 1. The molecule has 1 aliphatic heterocycles. The van der Waals surface area contributed by atoms with Crippen molar-refractivity contribution in [1.82, 2.24) is 10.2 Å². The minimum absolute atomic E-state index is 0.00725. The lowest BCUT2D eigenvalue weighted by molar-refractivity contribution is -0.137. The number of hydrogen-bond donors (Lipinski definition) is 2. The predicted octanol–water partition coefficient (Wildman–Crippen LogP) is 4.49. The summed E-state index contributed by atoms with van der Waals surface area (Å²) < 4.78 is 38.7. The number of alkyl halides is 3. The summed E-state index contributed by atoms with van der Waals surface area (Å²) >= 11 is 5.81. The van der Waals surface area contributed by atoms with Gasteiger partial charge in [0.1, 0.15) is 0 Å². The molecule has 2 N–H and O–H groups in total. The van der Waals surface area contributed by atoms with Crippen LogP contribution in [0.5, 0.6) is 0 Å². The Morgan fingerprint density at radius 1 is 1.20 bits per heavy atom. The summed E-state index contributed by atoms with van der Waals surface area (Å²) in [5.41, 5.74) is 0.891. The van der Waals surface area contributed by atoms with Gasteiger partial charge in [0.25, 0.3) is 11.8 Å². The van der Waals surface area contributed by atoms with E-state index in [0.29, 0.717) is 16.7 Å². The molecule has 158 valence electrons. The van der Waals surface area contributed by atoms with Crippen LogP contribution in [0.15, 0.2) is 53.8 Å². The van der Waals surface area contributed by atoms with Crippen LogP contribution in [0.2, 0.25) is 5.02 Å². The first-order chi connectivity index (χ1) is 14.0. The Hall–Kier alpha value is -3.00. The van der Waals surface area contributed by atoms with Crippen LogP contribution in [0, 0.1) is 0 Å². The summed E-state index contributed by atoms with van der Waals surface area (Å²) in [6.07, 6.45) is -4.54. The van der Waals surface area contributed by atoms with Gasteiger partial charge in [0.05, 0.1) is 28.7 Å². The first kappa shape index (κ1) is 21.7. The van der Waals surface area contributed by atoms with Gasteiger partial charge in [-0.3, -0.25) is 9.59 Å². The average molecular weight is 439 g/mol. The summed E-state index contributed by atoms with van der Waals surface area (Å²) in [6, 6.07) is 9.93. The van der Waals surface area contributed by atoms with Gasteiger partial charge in [0.15, 0.2) is 5.76 Å². The van der Waals surface area contributed by atoms with Crippen molar-refractivity contribution in [3.05, 3.63) is 69.9 Å². The quantitative estimate of drug-likeness (QED) is 0.739. The second-order valence-electron chi connectivity index (χ2n) is 7.00. The van der Waals surface area contributed by atoms with Gasteiger partial charge >= 0.3 is 6.18 Å². The Morgan fingerprint density at radius 3 is 2.43 bits per heavy atom. The van der Waals surface area contributed by atoms with Crippen LogP contribution in [-0.4, -0.2) is 35.4 Å². The monoisotopic (exact) mass is 438 g/mol. The summed E-state index contributed by atoms with van der Waals surface area (Å²) in [4.78, 5) is 25.3. The van der Waals surface area contributed by atoms with Gasteiger partial charge in [-0.05, 0) is 41.8 Å². The van der Waals surface area contributed by atoms with Gasteiger partial charge in [0.2, 0.25) is 0 Å². The molecule has 30 heavy (non-hydrogen) atoms. The number of carbonyl (C=O) groups is 2. The minimum atomic E-state index is -4.54. The zero-order valence-corrected chi connectivity index (χ0v) is 16.8. The number of hydrogen-bond acceptors (Lipinski definition) is 3. The van der Waals surface area contributed by atoms with E-state index in [1.807, 2.05) is 0 Å². The fourth-order valence-corrected chi connectivity index (χ4v) is 3.44. The lowest BCUT2D eigenvalue weighted by Gasteiger charge is -2.16. The summed E-state index contributed by atoms with van der Waals surface area (Å²) in [5, 5.41) is 12.1. The van der Waals surface area contributed by atoms with Crippen LogP contribution in [0.25, 0.3) is 11.1 Å². The molecule has 0 radical (unpaired) electrons. The summed E-state index contributed by atoms with van der Waals surface area (Å²) in [7, 11) is 1.47. The van der Waals surface area contributed by atoms with Crippen LogP contribution in [0.1, 0.15) is 24.1 Å². The maximum atomic E-state index is 12.9. The standard InChI is InChI=1S/C21H18ClF3N2O3/c1-11(26-19(29)15-10-27(2)20(30)18(15)28)12-4-3-5-13(8-12)14-6-7-16(17(22)9-14)21(23,24)25/h3-9,11,28H,10H2,1-2H3,(H,26,29)/t11-/m1/s1. The van der Waals surface area contributed by atoms with E-state index in [2.05, 4.69) is 5.32 Å². The van der Waals surface area contributed by atoms with E-state index in [-0.39, 0.29) is 12.1 Å². The maximum absolute atomic E-state index is 12.9. The molecule has 3 rings (SSSR count). The second-order valence-corrected chi connectivity index (χ2v) is 7.41. The fourth-order valence-electron chi connectivity index (χ4n) is 3.15. The van der Waals surface area contributed by atoms with Crippen molar-refractivity contribution in [2.24, 2.45) is 0 Å². The number of nitrogens with zero attached hydrogens (tertiary/aromatic N) is 1. The first-order valence-electron chi connectivity index (χ1n) is 8.94. The predicted molar refractivity (Wildman–Crippen MR) is 106 cm³/mol. The molecule has 0 fully saturated rings. The van der Waals surface area contributed by atoms with Gasteiger partial charge in [-0.15, -0.1) is 0 Å². The number of halogens is 4. The molecule has 0 saturated heterocycles. The van der Waals surface area contributed by atoms with E-state index < -0.39 is 40.4 Å². The Balaban J connectivity index is 1.81. The molecule has 1 heterocycles. The third kappa shape index (κ3) is 4.28. The van der Waals surface area contributed by atoms with Gasteiger partial charge in [-0.2, -0.15) is 13.2 Å². The van der Waals surface area contributed by atoms with Crippen molar-refractivity contribution in [2.45, 2.75) is 19.1 Å². The van der Waals surface area contributed by atoms with Gasteiger partial charge in [0, 0.05) is 7.05 Å². The van der Waals surface area contributed by atoms with Crippen LogP contribution in [-0.2, 0) is 15.8 Å². The van der Waals surface area contributed by atoms with E-state index >= 15 is 0 Å². The molecule has 0 spiro atoms. The third-order valence-corrected chi connectivity index (χ3v) is 5.16. The summed E-state index contributed by atoms with van der Waals surface area (Å²) in [5.74, 6) is -1.76. The smallest absolute Gasteiger partial charge is 0.417 e. The molecular formula is C21H18ClF3N2O3. The molecule has 2 aromatic rings. The van der Waals surface area contributed by atoms with Gasteiger partial charge in [-0.25, -0.2) is 0 Å². The van der Waals surface area contributed by atoms with Crippen molar-refractivity contribution in [3.63, 3.8) is 0 Å². The SMILES string of the molecule is C[C@@H](NC(=O)C1=C(O)C(=O)N(C)C1)c1cccc(-c2ccc(C(F)(F)F)c(Cl)c2)c1. The fraction of sp³-hybridized carbons (Fsp3) is 0.238. The highest BCUT2D eigenvalue weighted by atomic mass is 35.5. The first-order valence-corrected chi connectivity index (χ1v) is 9.32. The third-order valence-electron chi connectivity index (χ3n) is 4.85. The normalized spacial score (nSPS) is 15.5. The summed E-state index contributed by atoms with van der Waals surface area (Å²) in [6.45, 7) is 1.72. The van der Waals surface area contributed by atoms with Crippen molar-refractivity contribution in [3.8, 4) is 11.1 Å². The van der Waals surface area contributed by atoms with E-state index in [1.165, 1.54) is 24.1 Å². The van der Waals surface area contributed by atoms with Crippen molar-refractivity contribution >= 4 is 23.4 Å². The van der Waals surface area contributed by atoms with Crippen LogP contribution >= 0.6 is 11.6 Å². The molecule has 0 aromatic heterocycles. The van der Waals surface area contributed by atoms with E-state index in [0.717, 1.165) is 6.07 Å². The van der Waals surface area contributed by atoms with Gasteiger partial charge in [-0.1, -0.05) is 35.9 Å². The Labute approximate surface area is 175 Å². The molecule has 0 aliphatic carbocycles. The molecule has 2 amide bonds. The van der Waals surface area contributed by atoms with E-state index in [9.17, 15) is 27.9 Å². The number of aliphatic hydroxyl groups is 1. The highest BCUT2D eigenvalue weighted by Gasteiger charge is 2.33. The molecule has 9 heteroatoms. The number of rotatable bonds is 4. The molecular weight excluding hydrogens is 421 g/mol. The maximum Gasteiger partial charge on any atom is 0.417 e. The Morgan fingerprint density at radius 2 is 1.87 bits per heavy atom. The number of aliphatic hydroxyl groups excluding tert-OH is 1. The Bertz CT molecular complexity index is 1050. The molecule has 5 nitrogen and oxygen atoms in total. The number of nitrogens with one attached hydrogen (secondary N) is 1. The zero-order valence-electron chi connectivity index (χ0n) is 16.0. The van der Waals surface area contributed by atoms with Crippen LogP contribution < -0.4 is 5.32 Å². The minimum Gasteiger partial charge on any atom is -0.503 e. The lowest BCUT2D eigenvalue weighted by atomic mass is 9.99. The molecule has 1 aliphatic rings. The van der Waals surface area contributed by atoms with Crippen molar-refractivity contribution in [2.75, 3.05) is 13.6 Å². The van der Waals surface area contributed by atoms with Crippen LogP contribution in [0.3, 0.4) is 0 Å². The average Bonchev–Trinajstić information content (AvgIpc) is 2.94. The number of benzene rings is 2. The molecule has 1 atom stereocenters. The molecule has 0 saturated carbocycles. The van der Waals surface area contributed by atoms with Gasteiger partial charge < -0.3 is 15.3 Å². The molecule has 0 bridgehead atoms. The number of amides is 2. The Kier molecular flexibility index (Phi) is 5.81. The molecule has 0 unspecified atom stereocenters. The van der Waals surface area contributed by atoms with E-state index in [4.69, 9.17) is 11.6 Å². The lowest BCUT2D eigenvalue weighted by Crippen LogP contribution is -2.30. The highest BCUT2D eigenvalue weighted by molar-refractivity contribution is 6.31. The van der Waals surface area contributed by atoms with Crippen LogP contribution in [0.4, 0.5) is 13.2 Å². The zero-order chi connectivity index (χ0) is 22.2. The topological polar surface area (TPSA) is 69.6 Å². The van der Waals surface area contributed by atoms with E-state index in [1.54, 1.807) is 31.2 Å². The number of carbonyl (C=O) groups excluding carboxylic acids is 2. The largest absolute Gasteiger partial charge is 0.503 e. The molecule has 2 aromatic carbocycles. The second kappa shape index (κ2) is 8.02.